The number of thioether (sulfide) groups is 1. The Morgan fingerprint density at radius 1 is 1.28 bits per heavy atom. The van der Waals surface area contributed by atoms with Gasteiger partial charge in [-0.2, -0.15) is 13.4 Å². The number of anilines is 1. The zero-order valence-corrected chi connectivity index (χ0v) is 19.0. The molecule has 2 aromatic heterocycles. The van der Waals surface area contributed by atoms with Crippen molar-refractivity contribution in [2.75, 3.05) is 11.3 Å². The van der Waals surface area contributed by atoms with Crippen molar-refractivity contribution in [3.8, 4) is 5.88 Å². The summed E-state index contributed by atoms with van der Waals surface area (Å²) in [6, 6.07) is 5.07. The van der Waals surface area contributed by atoms with Gasteiger partial charge in [0.05, 0.1) is 6.61 Å². The van der Waals surface area contributed by atoms with Crippen LogP contribution in [0, 0.1) is 18.6 Å². The summed E-state index contributed by atoms with van der Waals surface area (Å²) in [4.78, 5) is 12.3. The van der Waals surface area contributed by atoms with Crippen molar-refractivity contribution in [1.82, 2.24) is 19.5 Å². The second kappa shape index (κ2) is 9.79. The van der Waals surface area contributed by atoms with E-state index in [0.29, 0.717) is 5.82 Å². The lowest BCUT2D eigenvalue weighted by Crippen LogP contribution is -2.18. The highest BCUT2D eigenvalue weighted by atomic mass is 32.2. The Balaban J connectivity index is 1.89. The molecule has 0 aliphatic heterocycles. The molecule has 3 rings (SSSR count). The van der Waals surface area contributed by atoms with Gasteiger partial charge in [0.15, 0.2) is 21.8 Å². The van der Waals surface area contributed by atoms with Gasteiger partial charge in [0.2, 0.25) is 5.88 Å². The molecule has 13 heteroatoms. The summed E-state index contributed by atoms with van der Waals surface area (Å²) in [7, 11) is -2.40. The molecule has 1 unspecified atom stereocenters. The number of rotatable bonds is 9. The molecule has 0 fully saturated rings. The summed E-state index contributed by atoms with van der Waals surface area (Å²) in [5, 5.41) is 9.10. The largest absolute Gasteiger partial charge is 0.472 e. The Bertz CT molecular complexity index is 1200. The lowest BCUT2D eigenvalue weighted by atomic mass is 10.2. The number of benzene rings is 1. The van der Waals surface area contributed by atoms with E-state index < -0.39 is 27.8 Å². The molecule has 0 radical (unpaired) electrons. The minimum Gasteiger partial charge on any atom is -0.472 e. The van der Waals surface area contributed by atoms with E-state index in [1.54, 1.807) is 25.5 Å². The second-order valence-electron chi connectivity index (χ2n) is 6.83. The third-order valence-corrected chi connectivity index (χ3v) is 6.37. The Morgan fingerprint density at radius 3 is 2.69 bits per heavy atom. The molecule has 0 saturated heterocycles. The van der Waals surface area contributed by atoms with Crippen molar-refractivity contribution in [3.63, 3.8) is 0 Å². The van der Waals surface area contributed by atoms with Crippen LogP contribution in [0.15, 0.2) is 40.6 Å². The van der Waals surface area contributed by atoms with E-state index in [1.807, 2.05) is 0 Å². The van der Waals surface area contributed by atoms with Crippen molar-refractivity contribution < 1.29 is 27.0 Å². The minimum absolute atomic E-state index is 0.00124. The number of ether oxygens (including phenoxy) is 1. The number of imidazole rings is 1. The number of aliphatic hydroxyl groups is 1. The van der Waals surface area contributed by atoms with Gasteiger partial charge in [0, 0.05) is 30.6 Å². The highest BCUT2D eigenvalue weighted by Crippen LogP contribution is 2.27. The fourth-order valence-corrected chi connectivity index (χ4v) is 4.33. The highest BCUT2D eigenvalue weighted by molar-refractivity contribution is 7.98. The van der Waals surface area contributed by atoms with Gasteiger partial charge < -0.3 is 14.4 Å². The van der Waals surface area contributed by atoms with Crippen LogP contribution in [-0.4, -0.2) is 45.8 Å². The molecule has 2 N–H and O–H groups in total. The molecule has 32 heavy (non-hydrogen) atoms. The van der Waals surface area contributed by atoms with Crippen LogP contribution in [0.4, 0.5) is 14.6 Å². The zero-order valence-electron chi connectivity index (χ0n) is 17.4. The molecule has 172 valence electrons. The number of hydrogen-bond acceptors (Lipinski definition) is 8. The molecular formula is C19H21F2N5O4S2. The number of sulfonamides is 1. The summed E-state index contributed by atoms with van der Waals surface area (Å²) >= 11 is 0.962. The number of aliphatic hydroxyl groups excluding tert-OH is 1. The van der Waals surface area contributed by atoms with Crippen LogP contribution < -0.4 is 9.46 Å². The maximum absolute atomic E-state index is 13.9. The Morgan fingerprint density at radius 2 is 2.03 bits per heavy atom. The monoisotopic (exact) mass is 485 g/mol. The van der Waals surface area contributed by atoms with Crippen molar-refractivity contribution >= 4 is 27.6 Å². The first-order valence-corrected chi connectivity index (χ1v) is 11.8. The van der Waals surface area contributed by atoms with Crippen molar-refractivity contribution in [2.24, 2.45) is 7.05 Å². The quantitative estimate of drug-likeness (QED) is 0.351. The topological polar surface area (TPSA) is 119 Å². The van der Waals surface area contributed by atoms with Crippen LogP contribution in [0.5, 0.6) is 5.88 Å². The fourth-order valence-electron chi connectivity index (χ4n) is 2.47. The first-order chi connectivity index (χ1) is 15.1. The SMILES string of the molecule is Cc1nc(S(=O)(=O)Nc2cc(OC(C)CO)nc(SCc3cccc(F)c3F)n2)cn1C. The zero-order chi connectivity index (χ0) is 23.5. The number of aromatic nitrogens is 4. The number of hydrogen-bond donors (Lipinski definition) is 2. The summed E-state index contributed by atoms with van der Waals surface area (Å²) < 4.78 is 62.2. The average molecular weight is 486 g/mol. The molecule has 2 heterocycles. The molecule has 0 aliphatic rings. The number of nitrogens with zero attached hydrogens (tertiary/aromatic N) is 4. The Hall–Kier alpha value is -2.77. The molecule has 1 aromatic carbocycles. The first kappa shape index (κ1) is 23.9. The summed E-state index contributed by atoms with van der Waals surface area (Å²) in [5.74, 6) is -1.56. The van der Waals surface area contributed by atoms with Crippen LogP contribution in [0.2, 0.25) is 0 Å². The van der Waals surface area contributed by atoms with Crippen molar-refractivity contribution in [2.45, 2.75) is 35.9 Å². The van der Waals surface area contributed by atoms with E-state index in [9.17, 15) is 22.3 Å². The normalized spacial score (nSPS) is 12.6. The van der Waals surface area contributed by atoms with Gasteiger partial charge in [-0.3, -0.25) is 4.72 Å². The molecule has 0 spiro atoms. The molecule has 3 aromatic rings. The van der Waals surface area contributed by atoms with Crippen LogP contribution in [0.3, 0.4) is 0 Å². The van der Waals surface area contributed by atoms with Gasteiger partial charge in [-0.15, -0.1) is 0 Å². The number of halogens is 2. The molecule has 1 atom stereocenters. The summed E-state index contributed by atoms with van der Waals surface area (Å²) in [5.41, 5.74) is 0.0970. The molecule has 9 nitrogen and oxygen atoms in total. The number of nitrogens with one attached hydrogen (secondary N) is 1. The lowest BCUT2D eigenvalue weighted by molar-refractivity contribution is 0.124. The predicted octanol–water partition coefficient (Wildman–Crippen LogP) is 2.65. The van der Waals surface area contributed by atoms with E-state index in [0.717, 1.165) is 17.8 Å². The summed E-state index contributed by atoms with van der Waals surface area (Å²) in [6.45, 7) is 2.96. The van der Waals surface area contributed by atoms with Gasteiger partial charge in [0.25, 0.3) is 10.0 Å². The second-order valence-corrected chi connectivity index (χ2v) is 9.40. The molecule has 0 amide bonds. The van der Waals surface area contributed by atoms with Gasteiger partial charge in [0.1, 0.15) is 17.7 Å². The van der Waals surface area contributed by atoms with Gasteiger partial charge in [-0.1, -0.05) is 23.9 Å². The van der Waals surface area contributed by atoms with Crippen LogP contribution in [0.1, 0.15) is 18.3 Å². The van der Waals surface area contributed by atoms with E-state index in [-0.39, 0.29) is 39.8 Å². The molecule has 0 aliphatic carbocycles. The maximum Gasteiger partial charge on any atom is 0.282 e. The average Bonchev–Trinajstić information content (AvgIpc) is 3.08. The number of aryl methyl sites for hydroxylation is 2. The van der Waals surface area contributed by atoms with E-state index in [4.69, 9.17) is 4.74 Å². The van der Waals surface area contributed by atoms with E-state index in [1.165, 1.54) is 24.4 Å². The van der Waals surface area contributed by atoms with Crippen molar-refractivity contribution in [3.05, 3.63) is 53.5 Å². The highest BCUT2D eigenvalue weighted by Gasteiger charge is 2.21. The van der Waals surface area contributed by atoms with Gasteiger partial charge in [-0.05, 0) is 19.9 Å². The molecular weight excluding hydrogens is 464 g/mol. The van der Waals surface area contributed by atoms with Crippen LogP contribution >= 0.6 is 11.8 Å². The third kappa shape index (κ3) is 5.72. The standard InChI is InChI=1S/C19H21F2N5O4S2/c1-11(9-27)30-16-7-15(25-32(28,29)17-8-26(3)12(2)22-17)23-19(24-16)31-10-13-5-4-6-14(20)18(13)21/h4-8,11,27H,9-10H2,1-3H3,(H,23,24,25). The van der Waals surface area contributed by atoms with Gasteiger partial charge >= 0.3 is 0 Å². The predicted molar refractivity (Wildman–Crippen MR) is 114 cm³/mol. The van der Waals surface area contributed by atoms with Crippen molar-refractivity contribution in [1.29, 1.82) is 0 Å². The smallest absolute Gasteiger partial charge is 0.282 e. The van der Waals surface area contributed by atoms with E-state index >= 15 is 0 Å². The minimum atomic E-state index is -4.06. The van der Waals surface area contributed by atoms with Crippen LogP contribution in [-0.2, 0) is 22.8 Å². The Kier molecular flexibility index (Phi) is 7.31. The summed E-state index contributed by atoms with van der Waals surface area (Å²) in [6.07, 6.45) is 0.735. The third-order valence-electron chi connectivity index (χ3n) is 4.25. The van der Waals surface area contributed by atoms with E-state index in [2.05, 4.69) is 19.7 Å². The lowest BCUT2D eigenvalue weighted by Gasteiger charge is -2.13. The van der Waals surface area contributed by atoms with Gasteiger partial charge in [-0.25, -0.2) is 18.7 Å². The molecule has 0 saturated carbocycles. The first-order valence-electron chi connectivity index (χ1n) is 9.34. The fraction of sp³-hybridized carbons (Fsp3) is 0.316. The Labute approximate surface area is 187 Å². The molecule has 0 bridgehead atoms. The van der Waals surface area contributed by atoms with Crippen LogP contribution in [0.25, 0.3) is 0 Å². The maximum atomic E-state index is 13.9.